The van der Waals surface area contributed by atoms with Crippen molar-refractivity contribution in [2.45, 2.75) is 19.8 Å². The van der Waals surface area contributed by atoms with Gasteiger partial charge in [-0.25, -0.2) is 14.5 Å². The average Bonchev–Trinajstić information content (AvgIpc) is 3.24. The van der Waals surface area contributed by atoms with Gasteiger partial charge in [0, 0.05) is 43.5 Å². The van der Waals surface area contributed by atoms with Crippen LogP contribution in [0.3, 0.4) is 0 Å². The quantitative estimate of drug-likeness (QED) is 0.656. The molecule has 0 spiro atoms. The predicted octanol–water partition coefficient (Wildman–Crippen LogP) is 3.03. The molecule has 156 valence electrons. The number of aryl methyl sites for hydroxylation is 2. The second-order valence-corrected chi connectivity index (χ2v) is 8.29. The third kappa shape index (κ3) is 4.20. The maximum Gasteiger partial charge on any atom is 0.413 e. The van der Waals surface area contributed by atoms with Crippen LogP contribution < -0.4 is 10.1 Å². The number of thiazole rings is 1. The molecule has 8 nitrogen and oxygen atoms in total. The fourth-order valence-electron chi connectivity index (χ4n) is 3.15. The molecule has 1 N–H and O–H groups in total. The number of carbonyl (C=O) groups is 2. The number of hydrogen-bond acceptors (Lipinski definition) is 6. The summed E-state index contributed by atoms with van der Waals surface area (Å²) in [5, 5.41) is 7.76. The second-order valence-electron chi connectivity index (χ2n) is 7.09. The average molecular weight is 426 g/mol. The lowest BCUT2D eigenvalue weighted by atomic mass is 10.2. The van der Waals surface area contributed by atoms with Crippen molar-refractivity contribution in [3.8, 4) is 16.5 Å². The maximum atomic E-state index is 12.5. The van der Waals surface area contributed by atoms with Crippen LogP contribution in [0, 0.1) is 6.92 Å². The molecule has 1 fully saturated rings. The molecule has 3 aromatic rings. The van der Waals surface area contributed by atoms with Gasteiger partial charge in [-0.05, 0) is 13.3 Å². The van der Waals surface area contributed by atoms with Crippen LogP contribution in [0.2, 0.25) is 0 Å². The Morgan fingerprint density at radius 1 is 1.23 bits per heavy atom. The van der Waals surface area contributed by atoms with E-state index < -0.39 is 6.09 Å². The van der Waals surface area contributed by atoms with Crippen molar-refractivity contribution in [3.63, 3.8) is 0 Å². The Bertz CT molecular complexity index is 1060. The minimum absolute atomic E-state index is 0.153. The number of ether oxygens (including phenoxy) is 1. The monoisotopic (exact) mass is 425 g/mol. The van der Waals surface area contributed by atoms with Crippen molar-refractivity contribution in [3.05, 3.63) is 52.7 Å². The summed E-state index contributed by atoms with van der Waals surface area (Å²) < 4.78 is 6.78. The number of likely N-dealkylation sites (tertiary alicyclic amines) is 1. The van der Waals surface area contributed by atoms with Gasteiger partial charge < -0.3 is 15.0 Å². The van der Waals surface area contributed by atoms with Crippen LogP contribution in [0.5, 0.6) is 5.88 Å². The largest absolute Gasteiger partial charge is 0.413 e. The summed E-state index contributed by atoms with van der Waals surface area (Å²) in [7, 11) is 1.64. The molecule has 0 unspecified atom stereocenters. The first kappa shape index (κ1) is 20.1. The molecule has 0 aliphatic carbocycles. The molecule has 2 aromatic heterocycles. The van der Waals surface area contributed by atoms with Crippen LogP contribution in [0.15, 0.2) is 36.5 Å². The lowest BCUT2D eigenvalue weighted by molar-refractivity contribution is 0.0648. The van der Waals surface area contributed by atoms with Crippen molar-refractivity contribution in [1.82, 2.24) is 25.0 Å². The van der Waals surface area contributed by atoms with E-state index in [2.05, 4.69) is 10.4 Å². The van der Waals surface area contributed by atoms with Crippen molar-refractivity contribution in [2.75, 3.05) is 19.6 Å². The molecule has 3 heterocycles. The van der Waals surface area contributed by atoms with Gasteiger partial charge in [-0.2, -0.15) is 5.10 Å². The van der Waals surface area contributed by atoms with E-state index in [1.54, 1.807) is 23.3 Å². The summed E-state index contributed by atoms with van der Waals surface area (Å²) in [5.41, 5.74) is 2.34. The highest BCUT2D eigenvalue weighted by atomic mass is 32.1. The molecular formula is C21H23N5O3S. The van der Waals surface area contributed by atoms with Crippen molar-refractivity contribution in [2.24, 2.45) is 7.05 Å². The number of aromatic nitrogens is 3. The van der Waals surface area contributed by atoms with Gasteiger partial charge in [-0.3, -0.25) is 4.79 Å². The van der Waals surface area contributed by atoms with Gasteiger partial charge in [0.05, 0.1) is 11.9 Å². The van der Waals surface area contributed by atoms with Gasteiger partial charge in [-0.15, -0.1) is 11.3 Å². The molecule has 1 aliphatic heterocycles. The summed E-state index contributed by atoms with van der Waals surface area (Å²) >= 11 is 1.64. The Balaban J connectivity index is 1.34. The third-order valence-corrected chi connectivity index (χ3v) is 6.05. The lowest BCUT2D eigenvalue weighted by Crippen LogP contribution is -2.42. The van der Waals surface area contributed by atoms with E-state index in [-0.39, 0.29) is 11.8 Å². The first-order chi connectivity index (χ1) is 14.5. The van der Waals surface area contributed by atoms with Crippen LogP contribution in [0.4, 0.5) is 4.79 Å². The van der Waals surface area contributed by atoms with Crippen LogP contribution in [-0.2, 0) is 13.5 Å². The van der Waals surface area contributed by atoms with Crippen molar-refractivity contribution >= 4 is 23.3 Å². The molecule has 9 heteroatoms. The Hall–Kier alpha value is -3.20. The molecule has 1 aliphatic rings. The summed E-state index contributed by atoms with van der Waals surface area (Å²) in [6, 6.07) is 10.0. The Labute approximate surface area is 178 Å². The molecule has 0 radical (unpaired) electrons. The van der Waals surface area contributed by atoms with Gasteiger partial charge in [0.15, 0.2) is 0 Å². The standard InChI is InChI=1S/C21H23N5O3S/c1-14-17(24-18(30-14)15-7-4-3-5-8-15)9-10-22-21(28)29-20-16(13-23-25(20)2)19(27)26-11-6-12-26/h3-5,7-8,13H,6,9-12H2,1-2H3,(H,22,28). The number of rotatable bonds is 6. The van der Waals surface area contributed by atoms with E-state index in [0.717, 1.165) is 40.7 Å². The SMILES string of the molecule is Cc1sc(-c2ccccc2)nc1CCNC(=O)Oc1c(C(=O)N2CCC2)cnn1C. The molecule has 0 saturated carbocycles. The van der Waals surface area contributed by atoms with E-state index in [0.29, 0.717) is 18.5 Å². The zero-order valence-corrected chi connectivity index (χ0v) is 17.7. The molecule has 1 saturated heterocycles. The number of nitrogens with one attached hydrogen (secondary N) is 1. The Morgan fingerprint density at radius 2 is 2.00 bits per heavy atom. The fraction of sp³-hybridized carbons (Fsp3) is 0.333. The smallest absolute Gasteiger partial charge is 0.391 e. The summed E-state index contributed by atoms with van der Waals surface area (Å²) in [6.07, 6.45) is 2.40. The van der Waals surface area contributed by atoms with E-state index >= 15 is 0 Å². The van der Waals surface area contributed by atoms with Crippen molar-refractivity contribution in [1.29, 1.82) is 0 Å². The highest BCUT2D eigenvalue weighted by Crippen LogP contribution is 2.27. The molecule has 2 amide bonds. The first-order valence-electron chi connectivity index (χ1n) is 9.81. The fourth-order valence-corrected chi connectivity index (χ4v) is 4.12. The third-order valence-electron chi connectivity index (χ3n) is 4.99. The van der Waals surface area contributed by atoms with E-state index in [1.807, 2.05) is 37.3 Å². The number of nitrogens with zero attached hydrogens (tertiary/aromatic N) is 4. The molecule has 4 rings (SSSR count). The number of benzene rings is 1. The topological polar surface area (TPSA) is 89.3 Å². The molecular weight excluding hydrogens is 402 g/mol. The number of amides is 2. The van der Waals surface area contributed by atoms with Gasteiger partial charge in [0.25, 0.3) is 5.91 Å². The van der Waals surface area contributed by atoms with Gasteiger partial charge in [0.1, 0.15) is 10.6 Å². The van der Waals surface area contributed by atoms with E-state index in [4.69, 9.17) is 9.72 Å². The molecule has 0 atom stereocenters. The second kappa shape index (κ2) is 8.66. The molecule has 30 heavy (non-hydrogen) atoms. The summed E-state index contributed by atoms with van der Waals surface area (Å²) in [6.45, 7) is 3.85. The Morgan fingerprint density at radius 3 is 2.70 bits per heavy atom. The molecule has 0 bridgehead atoms. The summed E-state index contributed by atoms with van der Waals surface area (Å²) in [5.74, 6) is -0.00991. The van der Waals surface area contributed by atoms with Gasteiger partial charge in [0.2, 0.25) is 5.88 Å². The van der Waals surface area contributed by atoms with Crippen LogP contribution >= 0.6 is 11.3 Å². The number of carbonyl (C=O) groups excluding carboxylic acids is 2. The lowest BCUT2D eigenvalue weighted by Gasteiger charge is -2.30. The zero-order chi connectivity index (χ0) is 21.1. The highest BCUT2D eigenvalue weighted by molar-refractivity contribution is 7.15. The molecule has 1 aromatic carbocycles. The van der Waals surface area contributed by atoms with Crippen LogP contribution in [-0.4, -0.2) is 51.3 Å². The van der Waals surface area contributed by atoms with Crippen LogP contribution in [0.25, 0.3) is 10.6 Å². The summed E-state index contributed by atoms with van der Waals surface area (Å²) in [4.78, 5) is 32.3. The highest BCUT2D eigenvalue weighted by Gasteiger charge is 2.27. The Kier molecular flexibility index (Phi) is 5.80. The van der Waals surface area contributed by atoms with Gasteiger partial charge >= 0.3 is 6.09 Å². The first-order valence-corrected chi connectivity index (χ1v) is 10.6. The normalized spacial score (nSPS) is 13.1. The van der Waals surface area contributed by atoms with Gasteiger partial charge in [-0.1, -0.05) is 30.3 Å². The van der Waals surface area contributed by atoms with Crippen molar-refractivity contribution < 1.29 is 14.3 Å². The minimum atomic E-state index is -0.618. The zero-order valence-electron chi connectivity index (χ0n) is 16.9. The van der Waals surface area contributed by atoms with E-state index in [1.165, 1.54) is 10.9 Å². The van der Waals surface area contributed by atoms with Crippen LogP contribution in [0.1, 0.15) is 27.3 Å². The maximum absolute atomic E-state index is 12.5. The van der Waals surface area contributed by atoms with E-state index in [9.17, 15) is 9.59 Å². The predicted molar refractivity (Wildman–Crippen MR) is 114 cm³/mol. The minimum Gasteiger partial charge on any atom is -0.391 e. The number of hydrogen-bond donors (Lipinski definition) is 1.